The number of imidazole rings is 1. The zero-order valence-corrected chi connectivity index (χ0v) is 15.2. The van der Waals surface area contributed by atoms with Gasteiger partial charge in [-0.3, -0.25) is 4.79 Å². The van der Waals surface area contributed by atoms with Crippen LogP contribution in [0.4, 0.5) is 0 Å². The lowest BCUT2D eigenvalue weighted by Gasteiger charge is -2.23. The summed E-state index contributed by atoms with van der Waals surface area (Å²) >= 11 is 0. The Kier molecular flexibility index (Phi) is 4.28. The molecule has 1 spiro atoms. The van der Waals surface area contributed by atoms with E-state index in [-0.39, 0.29) is 11.8 Å². The Morgan fingerprint density at radius 2 is 2.12 bits per heavy atom. The van der Waals surface area contributed by atoms with E-state index in [1.807, 2.05) is 6.07 Å². The standard InChI is InChI=1S/C20H28N4O/c1-14(2)24-17-6-4-3-5-16(17)23-18(24)7-10-22-19(25)15-13-20(15)8-11-21-12-9-20/h3-6,14-15,21H,7-13H2,1-2H3,(H,22,25). The van der Waals surface area contributed by atoms with Crippen molar-refractivity contribution in [3.8, 4) is 0 Å². The fraction of sp³-hybridized carbons (Fsp3) is 0.600. The number of aromatic nitrogens is 2. The molecule has 1 aliphatic heterocycles. The van der Waals surface area contributed by atoms with Gasteiger partial charge in [-0.2, -0.15) is 0 Å². The SMILES string of the molecule is CC(C)n1c(CCNC(=O)C2CC23CCNCC3)nc2ccccc21. The highest BCUT2D eigenvalue weighted by atomic mass is 16.2. The molecule has 2 fully saturated rings. The predicted molar refractivity (Wildman–Crippen MR) is 99.5 cm³/mol. The second-order valence-electron chi connectivity index (χ2n) is 7.89. The van der Waals surface area contributed by atoms with Crippen LogP contribution in [-0.4, -0.2) is 35.1 Å². The molecule has 1 aromatic carbocycles. The number of fused-ring (bicyclic) bond motifs is 1. The van der Waals surface area contributed by atoms with Gasteiger partial charge >= 0.3 is 0 Å². The second kappa shape index (κ2) is 6.45. The van der Waals surface area contributed by atoms with Crippen molar-refractivity contribution in [3.63, 3.8) is 0 Å². The lowest BCUT2D eigenvalue weighted by atomic mass is 9.92. The molecule has 134 valence electrons. The number of nitrogens with zero attached hydrogens (tertiary/aromatic N) is 2. The Morgan fingerprint density at radius 3 is 2.88 bits per heavy atom. The summed E-state index contributed by atoms with van der Waals surface area (Å²) in [7, 11) is 0. The van der Waals surface area contributed by atoms with Crippen molar-refractivity contribution in [2.45, 2.75) is 45.6 Å². The summed E-state index contributed by atoms with van der Waals surface area (Å²) in [5.41, 5.74) is 2.52. The van der Waals surface area contributed by atoms with E-state index < -0.39 is 0 Å². The minimum atomic E-state index is 0.235. The molecule has 1 saturated heterocycles. The van der Waals surface area contributed by atoms with Gasteiger partial charge in [0.25, 0.3) is 0 Å². The molecule has 1 aromatic heterocycles. The van der Waals surface area contributed by atoms with Gasteiger partial charge in [-0.15, -0.1) is 0 Å². The van der Waals surface area contributed by atoms with Crippen molar-refractivity contribution in [2.75, 3.05) is 19.6 Å². The van der Waals surface area contributed by atoms with Gasteiger partial charge in [0.1, 0.15) is 5.82 Å². The van der Waals surface area contributed by atoms with Crippen molar-refractivity contribution in [3.05, 3.63) is 30.1 Å². The van der Waals surface area contributed by atoms with Crippen LogP contribution in [0.1, 0.15) is 45.0 Å². The summed E-state index contributed by atoms with van der Waals surface area (Å²) in [5, 5.41) is 6.55. The molecule has 5 heteroatoms. The Hall–Kier alpha value is -1.88. The molecule has 1 aliphatic carbocycles. The Balaban J connectivity index is 1.38. The topological polar surface area (TPSA) is 59.0 Å². The van der Waals surface area contributed by atoms with Crippen LogP contribution in [0, 0.1) is 11.3 Å². The number of para-hydroxylation sites is 2. The number of nitrogens with one attached hydrogen (secondary N) is 2. The van der Waals surface area contributed by atoms with Crippen molar-refractivity contribution in [1.29, 1.82) is 0 Å². The third-order valence-electron chi connectivity index (χ3n) is 5.94. The third kappa shape index (κ3) is 3.06. The van der Waals surface area contributed by atoms with E-state index in [2.05, 4.69) is 47.2 Å². The summed E-state index contributed by atoms with van der Waals surface area (Å²) in [4.78, 5) is 17.3. The van der Waals surface area contributed by atoms with Gasteiger partial charge in [0, 0.05) is 24.9 Å². The monoisotopic (exact) mass is 340 g/mol. The molecule has 2 heterocycles. The number of benzene rings is 1. The lowest BCUT2D eigenvalue weighted by molar-refractivity contribution is -0.123. The van der Waals surface area contributed by atoms with Crippen LogP contribution in [0.5, 0.6) is 0 Å². The number of piperidine rings is 1. The first-order chi connectivity index (χ1) is 12.1. The molecule has 1 saturated carbocycles. The zero-order chi connectivity index (χ0) is 17.4. The minimum absolute atomic E-state index is 0.235. The molecule has 1 unspecified atom stereocenters. The van der Waals surface area contributed by atoms with Gasteiger partial charge in [0.2, 0.25) is 5.91 Å². The smallest absolute Gasteiger partial charge is 0.223 e. The fourth-order valence-corrected chi connectivity index (χ4v) is 4.46. The normalized spacial score (nSPS) is 21.8. The number of hydrogen-bond acceptors (Lipinski definition) is 3. The van der Waals surface area contributed by atoms with Gasteiger partial charge in [0.15, 0.2) is 0 Å². The van der Waals surface area contributed by atoms with E-state index in [1.165, 1.54) is 5.52 Å². The first kappa shape index (κ1) is 16.6. The van der Waals surface area contributed by atoms with Crippen LogP contribution in [0.3, 0.4) is 0 Å². The first-order valence-electron chi connectivity index (χ1n) is 9.55. The highest BCUT2D eigenvalue weighted by molar-refractivity contribution is 5.82. The molecule has 25 heavy (non-hydrogen) atoms. The molecule has 2 N–H and O–H groups in total. The van der Waals surface area contributed by atoms with E-state index in [9.17, 15) is 4.79 Å². The molecule has 2 aliphatic rings. The van der Waals surface area contributed by atoms with E-state index >= 15 is 0 Å². The Labute approximate surface area is 149 Å². The van der Waals surface area contributed by atoms with E-state index in [4.69, 9.17) is 4.98 Å². The second-order valence-corrected chi connectivity index (χ2v) is 7.89. The Bertz CT molecular complexity index is 773. The largest absolute Gasteiger partial charge is 0.355 e. The molecule has 0 bridgehead atoms. The van der Waals surface area contributed by atoms with E-state index in [0.29, 0.717) is 18.0 Å². The fourth-order valence-electron chi connectivity index (χ4n) is 4.46. The summed E-state index contributed by atoms with van der Waals surface area (Å²) in [6.07, 6.45) is 4.15. The van der Waals surface area contributed by atoms with Crippen LogP contribution in [-0.2, 0) is 11.2 Å². The summed E-state index contributed by atoms with van der Waals surface area (Å²) < 4.78 is 2.28. The van der Waals surface area contributed by atoms with Gasteiger partial charge in [0.05, 0.1) is 11.0 Å². The highest BCUT2D eigenvalue weighted by Crippen LogP contribution is 2.58. The van der Waals surface area contributed by atoms with Crippen LogP contribution >= 0.6 is 0 Å². The predicted octanol–water partition coefficient (Wildman–Crippen LogP) is 2.67. The molecule has 1 atom stereocenters. The average molecular weight is 340 g/mol. The van der Waals surface area contributed by atoms with Crippen molar-refractivity contribution >= 4 is 16.9 Å². The molecule has 1 amide bonds. The number of carbonyl (C=O) groups excluding carboxylic acids is 1. The summed E-state index contributed by atoms with van der Waals surface area (Å²) in [5.74, 6) is 1.54. The van der Waals surface area contributed by atoms with Crippen molar-refractivity contribution in [2.24, 2.45) is 11.3 Å². The van der Waals surface area contributed by atoms with Crippen molar-refractivity contribution < 1.29 is 4.79 Å². The molecule has 2 aromatic rings. The molecule has 4 rings (SSSR count). The maximum atomic E-state index is 12.5. The first-order valence-corrected chi connectivity index (χ1v) is 9.55. The van der Waals surface area contributed by atoms with E-state index in [0.717, 1.165) is 50.1 Å². The van der Waals surface area contributed by atoms with Gasteiger partial charge in [-0.25, -0.2) is 4.98 Å². The minimum Gasteiger partial charge on any atom is -0.355 e. The lowest BCUT2D eigenvalue weighted by Crippen LogP contribution is -2.34. The van der Waals surface area contributed by atoms with Crippen molar-refractivity contribution in [1.82, 2.24) is 20.2 Å². The number of amides is 1. The van der Waals surface area contributed by atoms with Gasteiger partial charge < -0.3 is 15.2 Å². The molecular weight excluding hydrogens is 312 g/mol. The van der Waals surface area contributed by atoms with Crippen LogP contribution in [0.15, 0.2) is 24.3 Å². The highest BCUT2D eigenvalue weighted by Gasteiger charge is 2.57. The maximum Gasteiger partial charge on any atom is 0.223 e. The molecule has 0 radical (unpaired) electrons. The average Bonchev–Trinajstić information content (AvgIpc) is 3.15. The van der Waals surface area contributed by atoms with Crippen LogP contribution < -0.4 is 10.6 Å². The van der Waals surface area contributed by atoms with E-state index in [1.54, 1.807) is 0 Å². The zero-order valence-electron chi connectivity index (χ0n) is 15.2. The summed E-state index contributed by atoms with van der Waals surface area (Å²) in [6, 6.07) is 8.62. The maximum absolute atomic E-state index is 12.5. The Morgan fingerprint density at radius 1 is 1.36 bits per heavy atom. The molecular formula is C20H28N4O. The van der Waals surface area contributed by atoms with Gasteiger partial charge in [-0.05, 0) is 63.7 Å². The number of rotatable bonds is 5. The number of hydrogen-bond donors (Lipinski definition) is 2. The molecule has 5 nitrogen and oxygen atoms in total. The van der Waals surface area contributed by atoms with Crippen LogP contribution in [0.25, 0.3) is 11.0 Å². The summed E-state index contributed by atoms with van der Waals surface area (Å²) in [6.45, 7) is 7.15. The van der Waals surface area contributed by atoms with Crippen LogP contribution in [0.2, 0.25) is 0 Å². The third-order valence-corrected chi connectivity index (χ3v) is 5.94. The quantitative estimate of drug-likeness (QED) is 0.880. The number of carbonyl (C=O) groups is 1. The van der Waals surface area contributed by atoms with Gasteiger partial charge in [-0.1, -0.05) is 12.1 Å².